The molecular formula is C19H19FN4O4S. The fourth-order valence-corrected chi connectivity index (χ4v) is 3.25. The van der Waals surface area contributed by atoms with Crippen LogP contribution >= 0.6 is 0 Å². The summed E-state index contributed by atoms with van der Waals surface area (Å²) in [5.74, 6) is -0.162. The van der Waals surface area contributed by atoms with Gasteiger partial charge in [-0.25, -0.2) is 17.9 Å². The van der Waals surface area contributed by atoms with Crippen LogP contribution in [0.2, 0.25) is 0 Å². The molecule has 152 valence electrons. The van der Waals surface area contributed by atoms with Crippen molar-refractivity contribution in [3.05, 3.63) is 59.2 Å². The molecule has 3 aromatic rings. The number of hydrogen-bond donors (Lipinski definition) is 2. The summed E-state index contributed by atoms with van der Waals surface area (Å²) < 4.78 is 41.3. The maximum Gasteiger partial charge on any atom is 0.238 e. The first-order valence-electron chi connectivity index (χ1n) is 8.66. The Labute approximate surface area is 167 Å². The Morgan fingerprint density at radius 1 is 1.21 bits per heavy atom. The molecule has 0 saturated carbocycles. The molecule has 29 heavy (non-hydrogen) atoms. The number of nitrogens with two attached hydrogens (primary N) is 1. The molecule has 0 fully saturated rings. The lowest BCUT2D eigenvalue weighted by Crippen LogP contribution is -2.16. The summed E-state index contributed by atoms with van der Waals surface area (Å²) in [6, 6.07) is 8.42. The van der Waals surface area contributed by atoms with Gasteiger partial charge in [0.1, 0.15) is 5.82 Å². The van der Waals surface area contributed by atoms with E-state index in [0.29, 0.717) is 22.6 Å². The van der Waals surface area contributed by atoms with E-state index >= 15 is 0 Å². The highest BCUT2D eigenvalue weighted by Crippen LogP contribution is 2.24. The molecule has 0 aliphatic carbocycles. The van der Waals surface area contributed by atoms with E-state index < -0.39 is 10.0 Å². The van der Waals surface area contributed by atoms with Gasteiger partial charge in [-0.15, -0.1) is 0 Å². The van der Waals surface area contributed by atoms with Gasteiger partial charge in [0.25, 0.3) is 0 Å². The van der Waals surface area contributed by atoms with E-state index in [-0.39, 0.29) is 35.4 Å². The number of aryl methyl sites for hydroxylation is 2. The van der Waals surface area contributed by atoms with Gasteiger partial charge in [-0.3, -0.25) is 4.79 Å². The largest absolute Gasteiger partial charge is 0.339 e. The van der Waals surface area contributed by atoms with Gasteiger partial charge in [0, 0.05) is 24.1 Å². The Kier molecular flexibility index (Phi) is 5.76. The van der Waals surface area contributed by atoms with Gasteiger partial charge in [0.2, 0.25) is 27.6 Å². The number of aromatic nitrogens is 2. The molecule has 0 bridgehead atoms. The number of nitrogens with one attached hydrogen (secondary N) is 1. The number of carbonyl (C=O) groups is 1. The monoisotopic (exact) mass is 418 g/mol. The molecule has 0 aliphatic heterocycles. The number of hydrogen-bond acceptors (Lipinski definition) is 6. The van der Waals surface area contributed by atoms with Crippen LogP contribution in [-0.4, -0.2) is 24.5 Å². The Morgan fingerprint density at radius 2 is 1.90 bits per heavy atom. The van der Waals surface area contributed by atoms with Crippen LogP contribution < -0.4 is 10.5 Å². The van der Waals surface area contributed by atoms with Crippen LogP contribution in [0.5, 0.6) is 0 Å². The third kappa shape index (κ3) is 5.04. The number of amides is 1. The van der Waals surface area contributed by atoms with Gasteiger partial charge < -0.3 is 9.84 Å². The minimum atomic E-state index is -3.89. The van der Waals surface area contributed by atoms with Gasteiger partial charge in [0.15, 0.2) is 0 Å². The Morgan fingerprint density at radius 3 is 2.55 bits per heavy atom. The first kappa shape index (κ1) is 20.6. The van der Waals surface area contributed by atoms with Crippen LogP contribution in [0, 0.1) is 19.7 Å². The maximum absolute atomic E-state index is 13.0. The maximum atomic E-state index is 13.0. The molecule has 1 amide bonds. The highest BCUT2D eigenvalue weighted by Gasteiger charge is 2.15. The van der Waals surface area contributed by atoms with Crippen LogP contribution in [0.25, 0.3) is 11.4 Å². The van der Waals surface area contributed by atoms with E-state index in [0.717, 1.165) is 5.56 Å². The van der Waals surface area contributed by atoms with Crippen LogP contribution in [-0.2, 0) is 21.2 Å². The van der Waals surface area contributed by atoms with Crippen molar-refractivity contribution in [3.63, 3.8) is 0 Å². The van der Waals surface area contributed by atoms with E-state index in [1.807, 2.05) is 0 Å². The van der Waals surface area contributed by atoms with E-state index in [1.54, 1.807) is 13.8 Å². The number of primary sulfonamides is 1. The first-order valence-corrected chi connectivity index (χ1v) is 10.2. The minimum absolute atomic E-state index is 0.0448. The smallest absolute Gasteiger partial charge is 0.238 e. The quantitative estimate of drug-likeness (QED) is 0.633. The van der Waals surface area contributed by atoms with E-state index in [9.17, 15) is 17.6 Å². The number of halogens is 1. The molecule has 1 aromatic heterocycles. The molecule has 0 atom stereocenters. The van der Waals surface area contributed by atoms with E-state index in [2.05, 4.69) is 15.5 Å². The molecule has 2 aromatic carbocycles. The van der Waals surface area contributed by atoms with Gasteiger partial charge in [-0.1, -0.05) is 5.16 Å². The summed E-state index contributed by atoms with van der Waals surface area (Å²) in [4.78, 5) is 16.4. The fourth-order valence-electron chi connectivity index (χ4n) is 2.63. The summed E-state index contributed by atoms with van der Waals surface area (Å²) in [6.07, 6.45) is 0.232. The number of benzene rings is 2. The molecule has 3 rings (SSSR count). The molecule has 0 radical (unpaired) electrons. The third-order valence-electron chi connectivity index (χ3n) is 4.38. The second-order valence-electron chi connectivity index (χ2n) is 6.52. The number of carbonyl (C=O) groups excluding carboxylic acids is 1. The van der Waals surface area contributed by atoms with Crippen molar-refractivity contribution in [2.75, 3.05) is 5.32 Å². The second-order valence-corrected chi connectivity index (χ2v) is 8.09. The Hall–Kier alpha value is -3.11. The average Bonchev–Trinajstić information content (AvgIpc) is 3.12. The predicted molar refractivity (Wildman–Crippen MR) is 104 cm³/mol. The minimum Gasteiger partial charge on any atom is -0.339 e. The van der Waals surface area contributed by atoms with Crippen LogP contribution in [0.1, 0.15) is 23.4 Å². The molecule has 0 unspecified atom stereocenters. The topological polar surface area (TPSA) is 128 Å². The van der Waals surface area contributed by atoms with Crippen molar-refractivity contribution in [2.24, 2.45) is 5.14 Å². The molecule has 10 heteroatoms. The molecule has 0 spiro atoms. The second kappa shape index (κ2) is 8.10. The summed E-state index contributed by atoms with van der Waals surface area (Å²) in [7, 11) is -3.89. The zero-order chi connectivity index (χ0) is 21.2. The third-order valence-corrected chi connectivity index (χ3v) is 5.27. The van der Waals surface area contributed by atoms with Crippen molar-refractivity contribution in [2.45, 2.75) is 31.6 Å². The predicted octanol–water partition coefficient (Wildman–Crippen LogP) is 2.71. The zero-order valence-corrected chi connectivity index (χ0v) is 16.6. The molecular weight excluding hydrogens is 399 g/mol. The summed E-state index contributed by atoms with van der Waals surface area (Å²) in [5.41, 5.74) is 2.39. The van der Waals surface area contributed by atoms with Crippen molar-refractivity contribution < 1.29 is 22.1 Å². The van der Waals surface area contributed by atoms with Crippen molar-refractivity contribution in [3.8, 4) is 11.4 Å². The Balaban J connectivity index is 1.67. The summed E-state index contributed by atoms with van der Waals surface area (Å²) >= 11 is 0. The lowest BCUT2D eigenvalue weighted by molar-refractivity contribution is -0.116. The van der Waals surface area contributed by atoms with Gasteiger partial charge in [-0.2, -0.15) is 4.98 Å². The molecule has 8 nitrogen and oxygen atoms in total. The van der Waals surface area contributed by atoms with E-state index in [1.165, 1.54) is 36.4 Å². The molecule has 3 N–H and O–H groups in total. The van der Waals surface area contributed by atoms with Crippen molar-refractivity contribution >= 4 is 21.6 Å². The zero-order valence-electron chi connectivity index (χ0n) is 15.8. The van der Waals surface area contributed by atoms with Crippen LogP contribution in [0.15, 0.2) is 45.8 Å². The molecule has 0 aliphatic rings. The lowest BCUT2D eigenvalue weighted by atomic mass is 10.1. The number of anilines is 1. The first-order chi connectivity index (χ1) is 13.6. The van der Waals surface area contributed by atoms with Gasteiger partial charge in [0.05, 0.1) is 4.90 Å². The van der Waals surface area contributed by atoms with Crippen LogP contribution in [0.4, 0.5) is 10.1 Å². The highest BCUT2D eigenvalue weighted by atomic mass is 32.2. The van der Waals surface area contributed by atoms with E-state index in [4.69, 9.17) is 9.66 Å². The summed E-state index contributed by atoms with van der Waals surface area (Å²) in [6.45, 7) is 3.50. The lowest BCUT2D eigenvalue weighted by Gasteiger charge is -2.12. The van der Waals surface area contributed by atoms with Gasteiger partial charge in [-0.05, 0) is 61.4 Å². The number of nitrogens with zero attached hydrogens (tertiary/aromatic N) is 2. The number of sulfonamides is 1. The SMILES string of the molecule is Cc1cc(S(N)(=O)=O)cc(NC(=O)CCc2nc(-c3ccc(F)cc3)no2)c1C. The number of rotatable bonds is 6. The average molecular weight is 418 g/mol. The Bertz CT molecular complexity index is 1160. The van der Waals surface area contributed by atoms with Crippen molar-refractivity contribution in [1.82, 2.24) is 10.1 Å². The normalized spacial score (nSPS) is 11.4. The fraction of sp³-hybridized carbons (Fsp3) is 0.211. The van der Waals surface area contributed by atoms with Gasteiger partial charge >= 0.3 is 0 Å². The highest BCUT2D eigenvalue weighted by molar-refractivity contribution is 7.89. The summed E-state index contributed by atoms with van der Waals surface area (Å²) in [5, 5.41) is 11.7. The van der Waals surface area contributed by atoms with Crippen molar-refractivity contribution in [1.29, 1.82) is 0 Å². The molecule has 1 heterocycles. The molecule has 0 saturated heterocycles. The van der Waals surface area contributed by atoms with Crippen LogP contribution in [0.3, 0.4) is 0 Å². The standard InChI is InChI=1S/C19H19FN4O4S/c1-11-9-15(29(21,26)27)10-16(12(11)2)22-17(25)7-8-18-23-19(24-28-18)13-3-5-14(20)6-4-13/h3-6,9-10H,7-8H2,1-2H3,(H,22,25)(H2,21,26,27).